The molecule has 1 amide bonds. The molecule has 0 spiro atoms. The van der Waals surface area contributed by atoms with Crippen molar-refractivity contribution in [3.63, 3.8) is 0 Å². The van der Waals surface area contributed by atoms with Gasteiger partial charge < -0.3 is 4.90 Å². The molecule has 1 heterocycles. The van der Waals surface area contributed by atoms with Gasteiger partial charge in [-0.1, -0.05) is 40.9 Å². The van der Waals surface area contributed by atoms with Crippen LogP contribution in [0.4, 0.5) is 5.13 Å². The summed E-state index contributed by atoms with van der Waals surface area (Å²) in [6.07, 6.45) is 1.17. The summed E-state index contributed by atoms with van der Waals surface area (Å²) in [7, 11) is -2.38. The van der Waals surface area contributed by atoms with Gasteiger partial charge in [0.25, 0.3) is 0 Å². The van der Waals surface area contributed by atoms with Gasteiger partial charge in [0.15, 0.2) is 5.82 Å². The van der Waals surface area contributed by atoms with Crippen LogP contribution in [0.25, 0.3) is 0 Å². The van der Waals surface area contributed by atoms with Gasteiger partial charge in [-0.2, -0.15) is 4.37 Å². The lowest BCUT2D eigenvalue weighted by Crippen LogP contribution is -2.28. The van der Waals surface area contributed by atoms with Crippen LogP contribution in [-0.2, 0) is 21.2 Å². The third kappa shape index (κ3) is 5.36. The van der Waals surface area contributed by atoms with Crippen LogP contribution in [0.15, 0.2) is 24.8 Å². The zero-order chi connectivity index (χ0) is 21.1. The number of sulfonamides is 1. The van der Waals surface area contributed by atoms with Crippen molar-refractivity contribution >= 4 is 67.4 Å². The van der Waals surface area contributed by atoms with E-state index in [9.17, 15) is 13.2 Å². The summed E-state index contributed by atoms with van der Waals surface area (Å²) in [6, 6.07) is 2.80. The largest absolute Gasteiger partial charge is 0.346 e. The molecule has 0 aliphatic heterocycles. The van der Waals surface area contributed by atoms with Gasteiger partial charge in [0.2, 0.25) is 21.1 Å². The number of rotatable bonds is 8. The van der Waals surface area contributed by atoms with Gasteiger partial charge in [0, 0.05) is 45.8 Å². The lowest BCUT2D eigenvalue weighted by atomic mass is 10.1. The molecule has 12 heteroatoms. The molecule has 0 radical (unpaired) electrons. The minimum Gasteiger partial charge on any atom is -0.346 e. The van der Waals surface area contributed by atoms with E-state index in [4.69, 9.17) is 34.8 Å². The van der Waals surface area contributed by atoms with Crippen LogP contribution >= 0.6 is 46.3 Å². The minimum atomic E-state index is -4.04. The van der Waals surface area contributed by atoms with Gasteiger partial charge in [-0.05, 0) is 19.1 Å². The van der Waals surface area contributed by atoms with Gasteiger partial charge in [-0.25, -0.2) is 13.4 Å². The molecule has 0 aliphatic rings. The summed E-state index contributed by atoms with van der Waals surface area (Å²) in [6.45, 7) is 5.96. The summed E-state index contributed by atoms with van der Waals surface area (Å²) in [5.41, 5.74) is 0.153. The number of anilines is 1. The highest BCUT2D eigenvalue weighted by Crippen LogP contribution is 2.38. The molecule has 0 bridgehead atoms. The lowest BCUT2D eigenvalue weighted by molar-refractivity contribution is -0.129. The molecule has 0 saturated carbocycles. The van der Waals surface area contributed by atoms with Crippen LogP contribution in [0, 0.1) is 0 Å². The van der Waals surface area contributed by atoms with Gasteiger partial charge in [0.1, 0.15) is 5.25 Å². The maximum atomic E-state index is 12.8. The highest BCUT2D eigenvalue weighted by molar-refractivity contribution is 7.93. The fourth-order valence-corrected chi connectivity index (χ4v) is 5.58. The average molecular weight is 484 g/mol. The Kier molecular flexibility index (Phi) is 7.69. The van der Waals surface area contributed by atoms with Crippen LogP contribution in [0.2, 0.25) is 15.1 Å². The third-order valence-corrected chi connectivity index (χ3v) is 7.00. The lowest BCUT2D eigenvalue weighted by Gasteiger charge is -2.17. The summed E-state index contributed by atoms with van der Waals surface area (Å²) in [5, 5.41) is -0.750. The van der Waals surface area contributed by atoms with Crippen molar-refractivity contribution in [3.8, 4) is 0 Å². The van der Waals surface area contributed by atoms with E-state index < -0.39 is 15.3 Å². The van der Waals surface area contributed by atoms with E-state index in [1.807, 2.05) is 6.92 Å². The first-order valence-electron chi connectivity index (χ1n) is 7.94. The highest BCUT2D eigenvalue weighted by atomic mass is 35.5. The van der Waals surface area contributed by atoms with Gasteiger partial charge in [-0.15, -0.1) is 6.58 Å². The molecule has 2 aromatic rings. The number of halogens is 3. The summed E-state index contributed by atoms with van der Waals surface area (Å²) < 4.78 is 32.0. The summed E-state index contributed by atoms with van der Waals surface area (Å²) >= 11 is 19.0. The van der Waals surface area contributed by atoms with Crippen LogP contribution in [0.3, 0.4) is 0 Å². The fourth-order valence-electron chi connectivity index (χ4n) is 2.22. The number of amides is 1. The quantitative estimate of drug-likeness (QED) is 0.568. The zero-order valence-corrected chi connectivity index (χ0v) is 18.8. The number of nitrogens with one attached hydrogen (secondary N) is 1. The van der Waals surface area contributed by atoms with Crippen molar-refractivity contribution in [1.82, 2.24) is 14.3 Å². The van der Waals surface area contributed by atoms with Gasteiger partial charge >= 0.3 is 0 Å². The molecule has 28 heavy (non-hydrogen) atoms. The Balaban J connectivity index is 2.26. The molecular weight excluding hydrogens is 467 g/mol. The van der Waals surface area contributed by atoms with E-state index in [-0.39, 0.29) is 43.9 Å². The predicted molar refractivity (Wildman–Crippen MR) is 114 cm³/mol. The second kappa shape index (κ2) is 9.41. The molecule has 1 atom stereocenters. The molecule has 2 rings (SSSR count). The molecule has 0 saturated heterocycles. The molecule has 1 unspecified atom stereocenters. The van der Waals surface area contributed by atoms with Crippen molar-refractivity contribution in [2.75, 3.05) is 18.3 Å². The average Bonchev–Trinajstić information content (AvgIpc) is 3.02. The molecule has 152 valence electrons. The van der Waals surface area contributed by atoms with Crippen LogP contribution < -0.4 is 4.72 Å². The fraction of sp³-hybridized carbons (Fsp3) is 0.312. The molecule has 1 aromatic heterocycles. The number of carbonyl (C=O) groups excluding carboxylic acids is 1. The normalized spacial score (nSPS) is 12.5. The smallest absolute Gasteiger partial charge is 0.245 e. The van der Waals surface area contributed by atoms with E-state index in [0.29, 0.717) is 6.54 Å². The topological polar surface area (TPSA) is 92.3 Å². The Morgan fingerprint density at radius 3 is 2.50 bits per heavy atom. The van der Waals surface area contributed by atoms with Crippen molar-refractivity contribution in [1.29, 1.82) is 0 Å². The minimum absolute atomic E-state index is 0.0232. The number of hydrogen-bond acceptors (Lipinski definition) is 6. The highest BCUT2D eigenvalue weighted by Gasteiger charge is 2.30. The Morgan fingerprint density at radius 2 is 1.96 bits per heavy atom. The second-order valence-electron chi connectivity index (χ2n) is 5.69. The number of benzene rings is 1. The first kappa shape index (κ1) is 22.9. The monoisotopic (exact) mass is 482 g/mol. The standard InChI is InChI=1S/C16H17Cl3N4O3S2/c1-4-12(15-10(18)6-9(17)7-11(15)19)28(25,26)22-16-20-13(21-27-16)8-14(24)23(3)5-2/h4,6-7,12H,1,5,8H2,2-3H3,(H,20,21,22). The Hall–Kier alpha value is -1.39. The zero-order valence-electron chi connectivity index (χ0n) is 14.9. The molecule has 1 N–H and O–H groups in total. The predicted octanol–water partition coefficient (Wildman–Crippen LogP) is 4.19. The molecular formula is C16H17Cl3N4O3S2. The van der Waals surface area contributed by atoms with E-state index in [1.165, 1.54) is 23.1 Å². The van der Waals surface area contributed by atoms with Gasteiger partial charge in [-0.3, -0.25) is 9.52 Å². The molecule has 0 fully saturated rings. The van der Waals surface area contributed by atoms with Gasteiger partial charge in [0.05, 0.1) is 6.42 Å². The number of aromatic nitrogens is 2. The Bertz CT molecular complexity index is 972. The maximum Gasteiger partial charge on any atom is 0.245 e. The van der Waals surface area contributed by atoms with E-state index in [1.54, 1.807) is 7.05 Å². The van der Waals surface area contributed by atoms with Crippen molar-refractivity contribution in [3.05, 3.63) is 51.2 Å². The van der Waals surface area contributed by atoms with Crippen LogP contribution in [0.5, 0.6) is 0 Å². The van der Waals surface area contributed by atoms with E-state index in [0.717, 1.165) is 11.5 Å². The van der Waals surface area contributed by atoms with Crippen LogP contribution in [0.1, 0.15) is 23.6 Å². The summed E-state index contributed by atoms with van der Waals surface area (Å²) in [5.74, 6) is 0.0594. The van der Waals surface area contributed by atoms with Crippen molar-refractivity contribution in [2.24, 2.45) is 0 Å². The Labute approximate surface area is 182 Å². The first-order valence-corrected chi connectivity index (χ1v) is 11.4. The van der Waals surface area contributed by atoms with E-state index in [2.05, 4.69) is 20.7 Å². The SMILES string of the molecule is C=CC(c1c(Cl)cc(Cl)cc1Cl)S(=O)(=O)Nc1nc(CC(=O)N(C)CC)ns1. The molecule has 0 aliphatic carbocycles. The summed E-state index contributed by atoms with van der Waals surface area (Å²) in [4.78, 5) is 17.5. The second-order valence-corrected chi connectivity index (χ2v) is 9.49. The van der Waals surface area contributed by atoms with Crippen molar-refractivity contribution < 1.29 is 13.2 Å². The maximum absolute atomic E-state index is 12.8. The van der Waals surface area contributed by atoms with Crippen LogP contribution in [-0.4, -0.2) is 42.2 Å². The number of hydrogen-bond donors (Lipinski definition) is 1. The third-order valence-electron chi connectivity index (χ3n) is 3.78. The van der Waals surface area contributed by atoms with E-state index >= 15 is 0 Å². The number of carbonyl (C=O) groups is 1. The molecule has 1 aromatic carbocycles. The van der Waals surface area contributed by atoms with Crippen molar-refractivity contribution in [2.45, 2.75) is 18.6 Å². The Morgan fingerprint density at radius 1 is 1.36 bits per heavy atom. The number of likely N-dealkylation sites (N-methyl/N-ethyl adjacent to an activating group) is 1. The molecule has 7 nitrogen and oxygen atoms in total. The first-order chi connectivity index (χ1) is 13.1. The number of nitrogens with zero attached hydrogens (tertiary/aromatic N) is 3.